The van der Waals surface area contributed by atoms with E-state index in [0.29, 0.717) is 5.57 Å². The molecule has 1 aromatic rings. The third kappa shape index (κ3) is 1.98. The molecular weight excluding hydrogens is 216 g/mol. The maximum absolute atomic E-state index is 5.67. The zero-order valence-corrected chi connectivity index (χ0v) is 8.79. The van der Waals surface area contributed by atoms with Crippen molar-refractivity contribution in [2.24, 2.45) is 7.05 Å². The maximum Gasteiger partial charge on any atom is 0.217 e. The highest BCUT2D eigenvalue weighted by Crippen LogP contribution is 2.39. The van der Waals surface area contributed by atoms with Crippen LogP contribution in [0.15, 0.2) is 24.9 Å². The van der Waals surface area contributed by atoms with Gasteiger partial charge in [0.05, 0.1) is 0 Å². The maximum atomic E-state index is 5.67. The largest absolute Gasteiger partial charge is 0.351 e. The highest BCUT2D eigenvalue weighted by Gasteiger charge is 2.26. The number of halogens is 3. The molecule has 0 fully saturated rings. The molecule has 0 saturated heterocycles. The fraction of sp³-hybridized carbons (Fsp3) is 0.250. The standard InChI is InChI=1S/C8H8Cl3N/c1-6(8(9,10)11)7-4-3-5-12(7)2/h3-5H,1H2,2H3. The monoisotopic (exact) mass is 223 g/mol. The van der Waals surface area contributed by atoms with Crippen LogP contribution in [0, 0.1) is 0 Å². The van der Waals surface area contributed by atoms with E-state index in [1.807, 2.05) is 29.9 Å². The second kappa shape index (κ2) is 3.33. The molecule has 0 radical (unpaired) electrons. The highest BCUT2D eigenvalue weighted by atomic mass is 35.6. The van der Waals surface area contributed by atoms with E-state index in [4.69, 9.17) is 34.8 Å². The topological polar surface area (TPSA) is 4.93 Å². The predicted molar refractivity (Wildman–Crippen MR) is 54.7 cm³/mol. The average molecular weight is 225 g/mol. The van der Waals surface area contributed by atoms with Crippen LogP contribution in [-0.2, 0) is 7.05 Å². The minimum Gasteiger partial charge on any atom is -0.351 e. The van der Waals surface area contributed by atoms with Gasteiger partial charge in [-0.2, -0.15) is 0 Å². The van der Waals surface area contributed by atoms with Gasteiger partial charge in [0.15, 0.2) is 0 Å². The van der Waals surface area contributed by atoms with E-state index in [0.717, 1.165) is 5.69 Å². The van der Waals surface area contributed by atoms with E-state index in [1.54, 1.807) is 0 Å². The number of hydrogen-bond donors (Lipinski definition) is 0. The molecule has 0 bridgehead atoms. The van der Waals surface area contributed by atoms with Crippen molar-refractivity contribution in [3.05, 3.63) is 30.6 Å². The molecule has 0 aliphatic carbocycles. The molecule has 1 heterocycles. The van der Waals surface area contributed by atoms with Gasteiger partial charge in [0, 0.05) is 24.5 Å². The van der Waals surface area contributed by atoms with Crippen LogP contribution in [-0.4, -0.2) is 8.36 Å². The number of aryl methyl sites for hydroxylation is 1. The van der Waals surface area contributed by atoms with Crippen LogP contribution in [0.25, 0.3) is 5.57 Å². The summed E-state index contributed by atoms with van der Waals surface area (Å²) in [5, 5.41) is 0. The van der Waals surface area contributed by atoms with Gasteiger partial charge in [-0.15, -0.1) is 0 Å². The molecule has 66 valence electrons. The summed E-state index contributed by atoms with van der Waals surface area (Å²) in [6, 6.07) is 3.72. The van der Waals surface area contributed by atoms with Gasteiger partial charge < -0.3 is 4.57 Å². The molecule has 0 amide bonds. The lowest BCUT2D eigenvalue weighted by Gasteiger charge is -2.14. The van der Waals surface area contributed by atoms with Crippen molar-refractivity contribution < 1.29 is 0 Å². The molecule has 0 aliphatic rings. The lowest BCUT2D eigenvalue weighted by molar-refractivity contribution is 0.905. The number of allylic oxidation sites excluding steroid dienone is 1. The summed E-state index contributed by atoms with van der Waals surface area (Å²) in [7, 11) is 1.87. The molecule has 0 aromatic carbocycles. The molecule has 0 aliphatic heterocycles. The molecule has 0 spiro atoms. The van der Waals surface area contributed by atoms with Gasteiger partial charge in [-0.05, 0) is 12.1 Å². The Bertz CT molecular complexity index is 295. The number of alkyl halides is 3. The lowest BCUT2D eigenvalue weighted by atomic mass is 10.2. The first-order chi connectivity index (χ1) is 5.43. The van der Waals surface area contributed by atoms with E-state index in [1.165, 1.54) is 0 Å². The van der Waals surface area contributed by atoms with E-state index >= 15 is 0 Å². The molecule has 1 rings (SSSR count). The van der Waals surface area contributed by atoms with Crippen LogP contribution in [0.3, 0.4) is 0 Å². The Morgan fingerprint density at radius 3 is 2.42 bits per heavy atom. The molecule has 0 saturated carbocycles. The van der Waals surface area contributed by atoms with E-state index in [2.05, 4.69) is 6.58 Å². The Morgan fingerprint density at radius 1 is 1.50 bits per heavy atom. The molecular formula is C8H8Cl3N. The predicted octanol–water partition coefficient (Wildman–Crippen LogP) is 3.41. The van der Waals surface area contributed by atoms with Crippen molar-refractivity contribution in [1.82, 2.24) is 4.57 Å². The van der Waals surface area contributed by atoms with Crippen molar-refractivity contribution in [2.45, 2.75) is 3.79 Å². The summed E-state index contributed by atoms with van der Waals surface area (Å²) in [5.74, 6) is 0. The average Bonchev–Trinajstić information content (AvgIpc) is 2.31. The fourth-order valence-electron chi connectivity index (χ4n) is 0.920. The second-order valence-electron chi connectivity index (χ2n) is 2.48. The third-order valence-corrected chi connectivity index (χ3v) is 2.28. The van der Waals surface area contributed by atoms with Gasteiger partial charge in [-0.25, -0.2) is 0 Å². The summed E-state index contributed by atoms with van der Waals surface area (Å²) in [5.41, 5.74) is 1.31. The minimum absolute atomic E-state index is 0.486. The van der Waals surface area contributed by atoms with Gasteiger partial charge >= 0.3 is 0 Å². The molecule has 1 aromatic heterocycles. The SMILES string of the molecule is C=C(c1cccn1C)C(Cl)(Cl)Cl. The quantitative estimate of drug-likeness (QED) is 0.644. The smallest absolute Gasteiger partial charge is 0.217 e. The second-order valence-corrected chi connectivity index (χ2v) is 4.76. The van der Waals surface area contributed by atoms with E-state index < -0.39 is 3.79 Å². The summed E-state index contributed by atoms with van der Waals surface area (Å²) < 4.78 is 0.427. The first-order valence-electron chi connectivity index (χ1n) is 3.30. The summed E-state index contributed by atoms with van der Waals surface area (Å²) >= 11 is 17.0. The van der Waals surface area contributed by atoms with Gasteiger partial charge in [0.1, 0.15) is 0 Å². The van der Waals surface area contributed by atoms with Gasteiger partial charge in [0.2, 0.25) is 3.79 Å². The molecule has 0 unspecified atom stereocenters. The third-order valence-electron chi connectivity index (χ3n) is 1.60. The van der Waals surface area contributed by atoms with E-state index in [9.17, 15) is 0 Å². The van der Waals surface area contributed by atoms with Gasteiger partial charge in [-0.1, -0.05) is 41.4 Å². The van der Waals surface area contributed by atoms with Crippen molar-refractivity contribution in [3.63, 3.8) is 0 Å². The number of aromatic nitrogens is 1. The fourth-order valence-corrected chi connectivity index (χ4v) is 1.21. The van der Waals surface area contributed by atoms with Crippen LogP contribution in [0.4, 0.5) is 0 Å². The van der Waals surface area contributed by atoms with Gasteiger partial charge in [0.25, 0.3) is 0 Å². The van der Waals surface area contributed by atoms with Crippen LogP contribution in [0.1, 0.15) is 5.69 Å². The summed E-state index contributed by atoms with van der Waals surface area (Å²) in [6.45, 7) is 3.71. The first-order valence-corrected chi connectivity index (χ1v) is 4.44. The Kier molecular flexibility index (Phi) is 2.77. The lowest BCUT2D eigenvalue weighted by Crippen LogP contribution is -2.07. The Morgan fingerprint density at radius 2 is 2.08 bits per heavy atom. The molecule has 0 atom stereocenters. The number of nitrogens with zero attached hydrogens (tertiary/aromatic N) is 1. The molecule has 4 heteroatoms. The van der Waals surface area contributed by atoms with Crippen molar-refractivity contribution in [2.75, 3.05) is 0 Å². The van der Waals surface area contributed by atoms with Crippen molar-refractivity contribution in [3.8, 4) is 0 Å². The number of rotatable bonds is 1. The van der Waals surface area contributed by atoms with Crippen LogP contribution in [0.5, 0.6) is 0 Å². The molecule has 1 nitrogen and oxygen atoms in total. The highest BCUT2D eigenvalue weighted by molar-refractivity contribution is 6.72. The van der Waals surface area contributed by atoms with E-state index in [-0.39, 0.29) is 0 Å². The zero-order chi connectivity index (χ0) is 9.35. The first kappa shape index (κ1) is 9.97. The summed E-state index contributed by atoms with van der Waals surface area (Å²) in [4.78, 5) is 0. The van der Waals surface area contributed by atoms with Gasteiger partial charge in [-0.3, -0.25) is 0 Å². The molecule has 12 heavy (non-hydrogen) atoms. The van der Waals surface area contributed by atoms with Crippen LogP contribution < -0.4 is 0 Å². The molecule has 0 N–H and O–H groups in total. The van der Waals surface area contributed by atoms with Crippen molar-refractivity contribution >= 4 is 40.4 Å². The Labute approximate surface area is 86.5 Å². The van der Waals surface area contributed by atoms with Crippen molar-refractivity contribution in [1.29, 1.82) is 0 Å². The summed E-state index contributed by atoms with van der Waals surface area (Å²) in [6.07, 6.45) is 1.87. The Balaban J connectivity index is 3.01. The van der Waals surface area contributed by atoms with Crippen LogP contribution >= 0.6 is 34.8 Å². The Hall–Kier alpha value is -0.110. The minimum atomic E-state index is -1.42. The van der Waals surface area contributed by atoms with Crippen LogP contribution in [0.2, 0.25) is 0 Å². The normalized spacial score (nSPS) is 11.7. The number of hydrogen-bond acceptors (Lipinski definition) is 0. The zero-order valence-electron chi connectivity index (χ0n) is 6.52.